The molecule has 168 valence electrons. The Kier molecular flexibility index (Phi) is 5.38. The SMILES string of the molecule is Cn1cnc2c1c(=O)n(CCCOC(=O)c1cc3c(cc1[N+](=O)[O-])OCCO3)c(=O)n2C. The zero-order chi connectivity index (χ0) is 23.0. The summed E-state index contributed by atoms with van der Waals surface area (Å²) in [5, 5.41) is 11.4. The molecule has 0 saturated carbocycles. The first-order valence-electron chi connectivity index (χ1n) is 9.65. The van der Waals surface area contributed by atoms with Crippen LogP contribution in [0.2, 0.25) is 0 Å². The maximum absolute atomic E-state index is 12.7. The molecule has 3 heterocycles. The average molecular weight is 445 g/mol. The van der Waals surface area contributed by atoms with E-state index < -0.39 is 27.8 Å². The molecule has 0 unspecified atom stereocenters. The van der Waals surface area contributed by atoms with Gasteiger partial charge in [0, 0.05) is 26.7 Å². The summed E-state index contributed by atoms with van der Waals surface area (Å²) in [4.78, 5) is 52.3. The number of ether oxygens (including phenoxy) is 3. The van der Waals surface area contributed by atoms with Crippen molar-refractivity contribution in [2.24, 2.45) is 14.1 Å². The number of esters is 1. The van der Waals surface area contributed by atoms with E-state index in [-0.39, 0.29) is 61.0 Å². The molecule has 1 aliphatic rings. The maximum Gasteiger partial charge on any atom is 0.345 e. The second-order valence-corrected chi connectivity index (χ2v) is 7.09. The van der Waals surface area contributed by atoms with Crippen molar-refractivity contribution in [2.75, 3.05) is 19.8 Å². The van der Waals surface area contributed by atoms with Gasteiger partial charge in [-0.2, -0.15) is 0 Å². The van der Waals surface area contributed by atoms with Crippen molar-refractivity contribution < 1.29 is 23.9 Å². The highest BCUT2D eigenvalue weighted by atomic mass is 16.6. The molecule has 0 aliphatic carbocycles. The number of hydrogen-bond donors (Lipinski definition) is 0. The number of aromatic nitrogens is 4. The van der Waals surface area contributed by atoms with E-state index in [1.54, 1.807) is 7.05 Å². The topological polar surface area (TPSA) is 150 Å². The summed E-state index contributed by atoms with van der Waals surface area (Å²) < 4.78 is 19.7. The Bertz CT molecular complexity index is 1350. The summed E-state index contributed by atoms with van der Waals surface area (Å²) in [6.07, 6.45) is 1.58. The van der Waals surface area contributed by atoms with Gasteiger partial charge in [0.05, 0.1) is 23.9 Å². The summed E-state index contributed by atoms with van der Waals surface area (Å²) in [6, 6.07) is 2.34. The molecule has 13 nitrogen and oxygen atoms in total. The Morgan fingerprint density at radius 3 is 2.59 bits per heavy atom. The summed E-state index contributed by atoms with van der Waals surface area (Å²) in [7, 11) is 3.15. The smallest absolute Gasteiger partial charge is 0.345 e. The predicted octanol–water partition coefficient (Wildman–Crippen LogP) is 0.360. The minimum absolute atomic E-state index is 0.0108. The van der Waals surface area contributed by atoms with Crippen LogP contribution in [0.1, 0.15) is 16.8 Å². The van der Waals surface area contributed by atoms with Crippen molar-refractivity contribution in [3.05, 3.63) is 55.0 Å². The summed E-state index contributed by atoms with van der Waals surface area (Å²) in [6.45, 7) is 0.327. The van der Waals surface area contributed by atoms with Crippen molar-refractivity contribution in [3.63, 3.8) is 0 Å². The molecule has 32 heavy (non-hydrogen) atoms. The van der Waals surface area contributed by atoms with Crippen LogP contribution in [0.25, 0.3) is 11.2 Å². The van der Waals surface area contributed by atoms with E-state index in [9.17, 15) is 24.5 Å². The fraction of sp³-hybridized carbons (Fsp3) is 0.368. The van der Waals surface area contributed by atoms with E-state index in [4.69, 9.17) is 14.2 Å². The molecule has 0 bridgehead atoms. The van der Waals surface area contributed by atoms with Gasteiger partial charge in [0.25, 0.3) is 11.2 Å². The normalized spacial score (nSPS) is 12.7. The van der Waals surface area contributed by atoms with Gasteiger partial charge in [-0.25, -0.2) is 14.6 Å². The van der Waals surface area contributed by atoms with Crippen LogP contribution in [-0.2, 0) is 25.4 Å². The molecule has 3 aromatic rings. The second kappa shape index (κ2) is 8.17. The van der Waals surface area contributed by atoms with Crippen molar-refractivity contribution in [2.45, 2.75) is 13.0 Å². The largest absolute Gasteiger partial charge is 0.486 e. The molecule has 0 spiro atoms. The number of carbonyl (C=O) groups is 1. The third-order valence-electron chi connectivity index (χ3n) is 5.04. The molecule has 1 aliphatic heterocycles. The number of benzene rings is 1. The Labute approximate surface area is 179 Å². The van der Waals surface area contributed by atoms with E-state index in [1.807, 2.05) is 0 Å². The molecular weight excluding hydrogens is 426 g/mol. The van der Waals surface area contributed by atoms with Crippen LogP contribution in [0.5, 0.6) is 11.5 Å². The van der Waals surface area contributed by atoms with Gasteiger partial charge in [-0.3, -0.25) is 24.0 Å². The lowest BCUT2D eigenvalue weighted by Gasteiger charge is -2.18. The van der Waals surface area contributed by atoms with Gasteiger partial charge >= 0.3 is 11.7 Å². The lowest BCUT2D eigenvalue weighted by Crippen LogP contribution is -2.39. The van der Waals surface area contributed by atoms with Gasteiger partial charge in [-0.15, -0.1) is 0 Å². The molecule has 1 aromatic carbocycles. The number of imidazole rings is 1. The monoisotopic (exact) mass is 445 g/mol. The number of hydrogen-bond acceptors (Lipinski definition) is 9. The van der Waals surface area contributed by atoms with E-state index >= 15 is 0 Å². The minimum Gasteiger partial charge on any atom is -0.486 e. The number of nitro groups is 1. The van der Waals surface area contributed by atoms with E-state index in [0.29, 0.717) is 0 Å². The average Bonchev–Trinajstić information content (AvgIpc) is 3.17. The molecule has 0 fully saturated rings. The number of carbonyl (C=O) groups excluding carboxylic acids is 1. The fourth-order valence-electron chi connectivity index (χ4n) is 3.45. The molecule has 0 atom stereocenters. The first-order valence-corrected chi connectivity index (χ1v) is 9.65. The summed E-state index contributed by atoms with van der Waals surface area (Å²) in [5.74, 6) is -0.524. The van der Waals surface area contributed by atoms with Gasteiger partial charge in [0.1, 0.15) is 18.8 Å². The van der Waals surface area contributed by atoms with Crippen LogP contribution in [0.15, 0.2) is 28.0 Å². The Balaban J connectivity index is 1.49. The zero-order valence-electron chi connectivity index (χ0n) is 17.3. The first kappa shape index (κ1) is 21.1. The fourth-order valence-corrected chi connectivity index (χ4v) is 3.45. The van der Waals surface area contributed by atoms with Gasteiger partial charge in [0.2, 0.25) is 0 Å². The van der Waals surface area contributed by atoms with E-state index in [0.717, 1.165) is 10.6 Å². The molecule has 0 radical (unpaired) electrons. The van der Waals surface area contributed by atoms with Crippen LogP contribution < -0.4 is 20.7 Å². The van der Waals surface area contributed by atoms with Crippen LogP contribution in [0.3, 0.4) is 0 Å². The molecule has 0 saturated heterocycles. The van der Waals surface area contributed by atoms with Crippen LogP contribution in [0.4, 0.5) is 5.69 Å². The zero-order valence-corrected chi connectivity index (χ0v) is 17.3. The van der Waals surface area contributed by atoms with Crippen molar-refractivity contribution in [1.29, 1.82) is 0 Å². The predicted molar refractivity (Wildman–Crippen MR) is 109 cm³/mol. The number of nitrogens with zero attached hydrogens (tertiary/aromatic N) is 5. The van der Waals surface area contributed by atoms with Gasteiger partial charge in [-0.1, -0.05) is 0 Å². The summed E-state index contributed by atoms with van der Waals surface area (Å²) in [5.41, 5.74) is -1.24. The Morgan fingerprint density at radius 1 is 1.22 bits per heavy atom. The number of fused-ring (bicyclic) bond motifs is 2. The lowest BCUT2D eigenvalue weighted by atomic mass is 10.1. The third kappa shape index (κ3) is 3.57. The third-order valence-corrected chi connectivity index (χ3v) is 5.04. The highest BCUT2D eigenvalue weighted by molar-refractivity contribution is 5.95. The highest BCUT2D eigenvalue weighted by Gasteiger charge is 2.27. The number of aryl methyl sites for hydroxylation is 2. The standard InChI is InChI=1S/C19H19N5O8/c1-21-10-20-16-15(21)17(25)23(19(27)22(16)2)4-3-5-32-18(26)11-8-13-14(31-7-6-30-13)9-12(11)24(28)29/h8-10H,3-7H2,1-2H3. The quantitative estimate of drug-likeness (QED) is 0.227. The van der Waals surface area contributed by atoms with E-state index in [1.165, 1.54) is 28.6 Å². The molecule has 13 heteroatoms. The first-order chi connectivity index (χ1) is 15.3. The van der Waals surface area contributed by atoms with Crippen LogP contribution in [0, 0.1) is 10.1 Å². The van der Waals surface area contributed by atoms with Crippen molar-refractivity contribution in [3.8, 4) is 11.5 Å². The lowest BCUT2D eigenvalue weighted by molar-refractivity contribution is -0.385. The Hall–Kier alpha value is -4.16. The van der Waals surface area contributed by atoms with Gasteiger partial charge in [-0.05, 0) is 6.42 Å². The minimum atomic E-state index is -0.920. The Morgan fingerprint density at radius 2 is 1.91 bits per heavy atom. The van der Waals surface area contributed by atoms with E-state index in [2.05, 4.69) is 4.98 Å². The molecular formula is C19H19N5O8. The highest BCUT2D eigenvalue weighted by Crippen LogP contribution is 2.36. The second-order valence-electron chi connectivity index (χ2n) is 7.09. The van der Waals surface area contributed by atoms with Gasteiger partial charge in [0.15, 0.2) is 22.7 Å². The van der Waals surface area contributed by atoms with Gasteiger partial charge < -0.3 is 18.8 Å². The van der Waals surface area contributed by atoms with Crippen molar-refractivity contribution >= 4 is 22.8 Å². The maximum atomic E-state index is 12.7. The molecule has 0 amide bonds. The van der Waals surface area contributed by atoms with Crippen LogP contribution >= 0.6 is 0 Å². The number of nitro benzene ring substituents is 1. The van der Waals surface area contributed by atoms with Crippen LogP contribution in [-0.4, -0.2) is 49.4 Å². The summed E-state index contributed by atoms with van der Waals surface area (Å²) >= 11 is 0. The van der Waals surface area contributed by atoms with Crippen molar-refractivity contribution in [1.82, 2.24) is 18.7 Å². The number of rotatable bonds is 6. The molecule has 0 N–H and O–H groups in total. The molecule has 4 rings (SSSR count). The molecule has 2 aromatic heterocycles.